The molecule has 1 rings (SSSR count). The molecule has 0 heterocycles. The van der Waals surface area contributed by atoms with Crippen LogP contribution in [-0.4, -0.2) is 54.7 Å². The van der Waals surface area contributed by atoms with Gasteiger partial charge in [-0.2, -0.15) is 39.5 Å². The van der Waals surface area contributed by atoms with Gasteiger partial charge < -0.3 is 9.29 Å². The normalized spacial score (nSPS) is 13.3. The molecule has 0 spiro atoms. The number of alkyl halides is 9. The van der Waals surface area contributed by atoms with E-state index < -0.39 is 33.4 Å². The van der Waals surface area contributed by atoms with E-state index >= 15 is 0 Å². The summed E-state index contributed by atoms with van der Waals surface area (Å²) in [5.41, 5.74) is 0.407. The smallest absolute Gasteiger partial charge is 0.460 e. The van der Waals surface area contributed by atoms with E-state index in [1.165, 1.54) is 4.90 Å². The van der Waals surface area contributed by atoms with Crippen LogP contribution in [0.4, 0.5) is 39.5 Å². The van der Waals surface area contributed by atoms with E-state index in [4.69, 9.17) is 4.74 Å². The van der Waals surface area contributed by atoms with Crippen molar-refractivity contribution in [1.82, 2.24) is 0 Å². The number of hydrogen-bond acceptors (Lipinski definition) is 5. The van der Waals surface area contributed by atoms with Crippen molar-refractivity contribution in [3.05, 3.63) is 36.4 Å². The topological polar surface area (TPSA) is 83.5 Å². The van der Waals surface area contributed by atoms with Crippen molar-refractivity contribution in [2.75, 3.05) is 12.5 Å². The highest BCUT2D eigenvalue weighted by molar-refractivity contribution is 7.95. The highest BCUT2D eigenvalue weighted by Gasteiger charge is 2.83. The van der Waals surface area contributed by atoms with Crippen LogP contribution in [0.15, 0.2) is 41.3 Å². The number of carbonyl (C=O) groups excluding carboxylic acids is 1. The summed E-state index contributed by atoms with van der Waals surface area (Å²) in [7, 11) is -7.18. The third kappa shape index (κ3) is 6.54. The molecule has 32 heavy (non-hydrogen) atoms. The minimum Gasteiger partial charge on any atom is -0.743 e. The zero-order valence-electron chi connectivity index (χ0n) is 16.3. The van der Waals surface area contributed by atoms with Gasteiger partial charge in [-0.05, 0) is 31.2 Å². The number of esters is 1. The number of hydrogen-bond donors (Lipinski definition) is 0. The predicted molar refractivity (Wildman–Crippen MR) is 95.0 cm³/mol. The minimum atomic E-state index is -7.43. The molecule has 0 amide bonds. The standard InChI is InChI=1S/C12H15O2S.C4HF9O3S/c1-9(2)12(13)14-10-5-7-11(8-6-10)15(3)4;5-1(6,3(9,10)11)2(7,8)4(12,13)17(14,15)16/h5-8H,1H2,2-4H3;(H,14,15,16)/q+1;/p-1. The molecule has 0 unspecified atom stereocenters. The van der Waals surface area contributed by atoms with Crippen LogP contribution in [0.1, 0.15) is 6.92 Å². The lowest BCUT2D eigenvalue weighted by Crippen LogP contribution is -2.63. The average Bonchev–Trinajstić information content (AvgIpc) is 2.60. The fraction of sp³-hybridized carbons (Fsp3) is 0.438. The van der Waals surface area contributed by atoms with E-state index in [1.54, 1.807) is 6.92 Å². The summed E-state index contributed by atoms with van der Waals surface area (Å²) in [6.07, 6.45) is -2.87. The van der Waals surface area contributed by atoms with E-state index in [1.807, 2.05) is 24.3 Å². The van der Waals surface area contributed by atoms with E-state index in [9.17, 15) is 57.3 Å². The lowest BCUT2D eigenvalue weighted by molar-refractivity contribution is -0.382. The Bertz CT molecular complexity index is 924. The van der Waals surface area contributed by atoms with Crippen molar-refractivity contribution in [3.8, 4) is 5.75 Å². The van der Waals surface area contributed by atoms with Crippen LogP contribution in [0.3, 0.4) is 0 Å². The van der Waals surface area contributed by atoms with E-state index in [2.05, 4.69) is 19.1 Å². The quantitative estimate of drug-likeness (QED) is 0.139. The van der Waals surface area contributed by atoms with Crippen molar-refractivity contribution in [3.63, 3.8) is 0 Å². The Labute approximate surface area is 179 Å². The molecule has 0 aliphatic heterocycles. The third-order valence-corrected chi connectivity index (χ3v) is 5.38. The van der Waals surface area contributed by atoms with Gasteiger partial charge in [-0.1, -0.05) is 6.58 Å². The summed E-state index contributed by atoms with van der Waals surface area (Å²) < 4.78 is 141. The van der Waals surface area contributed by atoms with E-state index in [0.29, 0.717) is 11.3 Å². The van der Waals surface area contributed by atoms with Crippen LogP contribution in [-0.2, 0) is 25.8 Å². The average molecular weight is 522 g/mol. The fourth-order valence-electron chi connectivity index (χ4n) is 1.49. The second-order valence-electron chi connectivity index (χ2n) is 6.08. The number of carbonyl (C=O) groups is 1. The Morgan fingerprint density at radius 3 is 1.62 bits per heavy atom. The Balaban J connectivity index is 0.000000604. The van der Waals surface area contributed by atoms with Gasteiger partial charge in [0.1, 0.15) is 18.3 Å². The Morgan fingerprint density at radius 1 is 0.938 bits per heavy atom. The Hall–Kier alpha value is -1.94. The van der Waals surface area contributed by atoms with Crippen LogP contribution in [0, 0.1) is 0 Å². The zero-order chi connectivity index (χ0) is 25.9. The first-order valence-corrected chi connectivity index (χ1v) is 11.2. The van der Waals surface area contributed by atoms with Crippen molar-refractivity contribution >= 4 is 27.0 Å². The zero-order valence-corrected chi connectivity index (χ0v) is 17.9. The SMILES string of the molecule is C=C(C)C(=O)Oc1ccc([S+](C)C)cc1.O=S(=O)([O-])C(F)(F)C(F)(F)C(F)(F)C(F)(F)F. The first kappa shape index (κ1) is 30.1. The van der Waals surface area contributed by atoms with Gasteiger partial charge in [0.05, 0.1) is 0 Å². The molecule has 1 aromatic carbocycles. The number of halogens is 9. The molecule has 5 nitrogen and oxygen atoms in total. The van der Waals surface area contributed by atoms with E-state index in [0.717, 1.165) is 0 Å². The highest BCUT2D eigenvalue weighted by Crippen LogP contribution is 2.54. The van der Waals surface area contributed by atoms with Crippen molar-refractivity contribution in [2.45, 2.75) is 35.1 Å². The minimum absolute atomic E-state index is 0.233. The van der Waals surface area contributed by atoms with Gasteiger partial charge in [-0.15, -0.1) is 0 Å². The van der Waals surface area contributed by atoms with Gasteiger partial charge in [-0.25, -0.2) is 13.2 Å². The second kappa shape index (κ2) is 9.91. The summed E-state index contributed by atoms with van der Waals surface area (Å²) in [5, 5.41) is -7.11. The predicted octanol–water partition coefficient (Wildman–Crippen LogP) is 4.36. The van der Waals surface area contributed by atoms with Crippen LogP contribution in [0.2, 0.25) is 0 Å². The van der Waals surface area contributed by atoms with Crippen molar-refractivity contribution in [1.29, 1.82) is 0 Å². The number of rotatable bonds is 6. The van der Waals surface area contributed by atoms with Crippen LogP contribution in [0.5, 0.6) is 5.75 Å². The fourth-order valence-corrected chi connectivity index (χ4v) is 2.61. The Morgan fingerprint density at radius 2 is 1.34 bits per heavy atom. The molecule has 0 N–H and O–H groups in total. The first-order chi connectivity index (χ1) is 14.0. The summed E-state index contributed by atoms with van der Waals surface area (Å²) in [6.45, 7) is 5.15. The maximum Gasteiger partial charge on any atom is 0.460 e. The molecule has 0 atom stereocenters. The largest absolute Gasteiger partial charge is 0.743 e. The number of benzene rings is 1. The second-order valence-corrected chi connectivity index (χ2v) is 9.60. The maximum absolute atomic E-state index is 12.2. The molecular formula is C16H15F9O5S2. The molecule has 0 aromatic heterocycles. The molecule has 1 aromatic rings. The lowest BCUT2D eigenvalue weighted by atomic mass is 10.1. The molecule has 0 radical (unpaired) electrons. The molecular weight excluding hydrogens is 507 g/mol. The van der Waals surface area contributed by atoms with Gasteiger partial charge in [-0.3, -0.25) is 0 Å². The first-order valence-electron chi connectivity index (χ1n) is 7.71. The van der Waals surface area contributed by atoms with Crippen LogP contribution < -0.4 is 4.74 Å². The molecule has 0 aliphatic rings. The Kier molecular flexibility index (Phi) is 9.31. The van der Waals surface area contributed by atoms with Crippen LogP contribution in [0.25, 0.3) is 0 Å². The van der Waals surface area contributed by atoms with E-state index in [-0.39, 0.29) is 16.9 Å². The molecule has 184 valence electrons. The van der Waals surface area contributed by atoms with Gasteiger partial charge in [0.2, 0.25) is 0 Å². The monoisotopic (exact) mass is 522 g/mol. The number of ether oxygens (including phenoxy) is 1. The summed E-state index contributed by atoms with van der Waals surface area (Å²) in [6, 6.07) is 7.57. The summed E-state index contributed by atoms with van der Waals surface area (Å²) in [4.78, 5) is 12.5. The molecule has 0 fully saturated rings. The maximum atomic E-state index is 12.2. The summed E-state index contributed by atoms with van der Waals surface area (Å²) in [5.74, 6) is -14.6. The molecule has 0 bridgehead atoms. The molecule has 0 aliphatic carbocycles. The van der Waals surface area contributed by atoms with Crippen LogP contribution >= 0.6 is 0 Å². The van der Waals surface area contributed by atoms with Gasteiger partial charge in [0.25, 0.3) is 0 Å². The molecule has 16 heteroatoms. The van der Waals surface area contributed by atoms with Gasteiger partial charge in [0, 0.05) is 16.5 Å². The molecule has 0 saturated heterocycles. The molecule has 0 saturated carbocycles. The van der Waals surface area contributed by atoms with Crippen molar-refractivity contribution in [2.24, 2.45) is 0 Å². The summed E-state index contributed by atoms with van der Waals surface area (Å²) >= 11 is 0. The third-order valence-electron chi connectivity index (χ3n) is 3.28. The lowest BCUT2D eigenvalue weighted by Gasteiger charge is -2.34. The highest BCUT2D eigenvalue weighted by atomic mass is 32.2. The van der Waals surface area contributed by atoms with Gasteiger partial charge in [0.15, 0.2) is 15.0 Å². The van der Waals surface area contributed by atoms with Gasteiger partial charge >= 0.3 is 29.2 Å². The van der Waals surface area contributed by atoms with Crippen molar-refractivity contribution < 1.29 is 62.0 Å².